The van der Waals surface area contributed by atoms with E-state index in [0.717, 1.165) is 0 Å². The summed E-state index contributed by atoms with van der Waals surface area (Å²) >= 11 is 0. The van der Waals surface area contributed by atoms with Crippen LogP contribution in [0, 0.1) is 0 Å². The van der Waals surface area contributed by atoms with Crippen molar-refractivity contribution >= 4 is 11.0 Å². The molecule has 1 aromatic heterocycles. The molecular weight excluding hydrogens is 300 g/mol. The van der Waals surface area contributed by atoms with Crippen molar-refractivity contribution in [2.24, 2.45) is 0 Å². The lowest BCUT2D eigenvalue weighted by molar-refractivity contribution is 0.396. The van der Waals surface area contributed by atoms with Crippen LogP contribution in [-0.2, 0) is 0 Å². The molecule has 0 aliphatic heterocycles. The molecule has 0 spiro atoms. The van der Waals surface area contributed by atoms with Crippen LogP contribution in [0.2, 0.25) is 0 Å². The first-order valence-corrected chi connectivity index (χ1v) is 6.77. The third-order valence-corrected chi connectivity index (χ3v) is 3.48. The van der Waals surface area contributed by atoms with Crippen molar-refractivity contribution in [3.8, 4) is 40.1 Å². The summed E-state index contributed by atoms with van der Waals surface area (Å²) in [4.78, 5) is 0. The molecule has 0 bridgehead atoms. The normalized spacial score (nSPS) is 10.7. The van der Waals surface area contributed by atoms with Gasteiger partial charge < -0.3 is 24.8 Å². The SMILES string of the molecule is COc1cc2c(OC)cc(O)cc2[o+]c1-c1ccc(O)c(O)c1. The van der Waals surface area contributed by atoms with Gasteiger partial charge in [0.25, 0.3) is 0 Å². The van der Waals surface area contributed by atoms with E-state index in [4.69, 9.17) is 13.9 Å². The first kappa shape index (κ1) is 14.8. The van der Waals surface area contributed by atoms with E-state index < -0.39 is 0 Å². The minimum atomic E-state index is -0.270. The Labute approximate surface area is 131 Å². The Morgan fingerprint density at radius 1 is 0.826 bits per heavy atom. The molecule has 0 saturated carbocycles. The van der Waals surface area contributed by atoms with E-state index in [9.17, 15) is 15.3 Å². The van der Waals surface area contributed by atoms with E-state index >= 15 is 0 Å². The molecule has 3 N–H and O–H groups in total. The number of aromatic hydroxyl groups is 3. The van der Waals surface area contributed by atoms with E-state index in [2.05, 4.69) is 0 Å². The fourth-order valence-electron chi connectivity index (χ4n) is 2.36. The maximum absolute atomic E-state index is 9.77. The fourth-order valence-corrected chi connectivity index (χ4v) is 2.36. The minimum Gasteiger partial charge on any atom is -0.507 e. The summed E-state index contributed by atoms with van der Waals surface area (Å²) in [6, 6.07) is 8.96. The van der Waals surface area contributed by atoms with Crippen molar-refractivity contribution in [2.75, 3.05) is 14.2 Å². The maximum Gasteiger partial charge on any atom is 0.402 e. The van der Waals surface area contributed by atoms with Crippen LogP contribution >= 0.6 is 0 Å². The van der Waals surface area contributed by atoms with E-state index in [1.54, 1.807) is 12.1 Å². The molecule has 0 unspecified atom stereocenters. The lowest BCUT2D eigenvalue weighted by Crippen LogP contribution is -1.91. The van der Waals surface area contributed by atoms with Crippen molar-refractivity contribution in [3.63, 3.8) is 0 Å². The van der Waals surface area contributed by atoms with Gasteiger partial charge in [-0.2, -0.15) is 0 Å². The molecule has 118 valence electrons. The van der Waals surface area contributed by atoms with Crippen LogP contribution in [0.15, 0.2) is 40.8 Å². The number of hydrogen-bond acceptors (Lipinski definition) is 5. The third-order valence-electron chi connectivity index (χ3n) is 3.48. The molecule has 0 fully saturated rings. The summed E-state index contributed by atoms with van der Waals surface area (Å²) in [7, 11) is 2.99. The minimum absolute atomic E-state index is 0.00256. The first-order chi connectivity index (χ1) is 11.0. The highest BCUT2D eigenvalue weighted by molar-refractivity contribution is 5.88. The molecule has 0 amide bonds. The largest absolute Gasteiger partial charge is 0.507 e. The Morgan fingerprint density at radius 2 is 1.57 bits per heavy atom. The molecule has 3 rings (SSSR count). The van der Waals surface area contributed by atoms with Gasteiger partial charge >= 0.3 is 11.3 Å². The molecule has 0 saturated heterocycles. The van der Waals surface area contributed by atoms with E-state index in [0.29, 0.717) is 33.8 Å². The van der Waals surface area contributed by atoms with Crippen LogP contribution in [0.5, 0.6) is 28.7 Å². The number of phenolic OH excluding ortho intramolecular Hbond substituents is 3. The van der Waals surface area contributed by atoms with Gasteiger partial charge in [-0.05, 0) is 12.1 Å². The molecule has 0 aliphatic carbocycles. The van der Waals surface area contributed by atoms with Crippen LogP contribution in [0.25, 0.3) is 22.3 Å². The van der Waals surface area contributed by atoms with Crippen molar-refractivity contribution < 1.29 is 29.2 Å². The first-order valence-electron chi connectivity index (χ1n) is 6.77. The van der Waals surface area contributed by atoms with Gasteiger partial charge in [0.05, 0.1) is 25.8 Å². The van der Waals surface area contributed by atoms with Gasteiger partial charge in [0, 0.05) is 18.2 Å². The van der Waals surface area contributed by atoms with Gasteiger partial charge in [-0.1, -0.05) is 0 Å². The molecule has 2 aromatic carbocycles. The molecule has 3 aromatic rings. The predicted octanol–water partition coefficient (Wildman–Crippen LogP) is 3.51. The summed E-state index contributed by atoms with van der Waals surface area (Å²) in [5.41, 5.74) is 0.909. The smallest absolute Gasteiger partial charge is 0.402 e. The average Bonchev–Trinajstić information content (AvgIpc) is 2.55. The zero-order valence-electron chi connectivity index (χ0n) is 12.5. The molecule has 6 nitrogen and oxygen atoms in total. The molecule has 0 atom stereocenters. The molecule has 0 aliphatic rings. The molecule has 23 heavy (non-hydrogen) atoms. The second-order valence-corrected chi connectivity index (χ2v) is 4.91. The van der Waals surface area contributed by atoms with Gasteiger partial charge in [0.2, 0.25) is 5.75 Å². The number of ether oxygens (including phenoxy) is 2. The van der Waals surface area contributed by atoms with Crippen molar-refractivity contribution in [1.82, 2.24) is 0 Å². The van der Waals surface area contributed by atoms with Crippen LogP contribution in [0.1, 0.15) is 0 Å². The van der Waals surface area contributed by atoms with Gasteiger partial charge in [-0.15, -0.1) is 0 Å². The Balaban J connectivity index is 2.29. The number of methoxy groups -OCH3 is 2. The average molecular weight is 315 g/mol. The second kappa shape index (κ2) is 5.57. The number of rotatable bonds is 3. The van der Waals surface area contributed by atoms with Gasteiger partial charge in [-0.25, -0.2) is 4.42 Å². The summed E-state index contributed by atoms with van der Waals surface area (Å²) in [6.45, 7) is 0. The fraction of sp³-hybridized carbons (Fsp3) is 0.118. The van der Waals surface area contributed by atoms with Crippen LogP contribution in [-0.4, -0.2) is 29.5 Å². The number of hydrogen-bond donors (Lipinski definition) is 3. The summed E-state index contributed by atoms with van der Waals surface area (Å²) < 4.78 is 16.4. The zero-order chi connectivity index (χ0) is 16.6. The number of phenols is 3. The van der Waals surface area contributed by atoms with E-state index in [-0.39, 0.29) is 17.2 Å². The predicted molar refractivity (Wildman–Crippen MR) is 84.2 cm³/mol. The second-order valence-electron chi connectivity index (χ2n) is 4.91. The lowest BCUT2D eigenvalue weighted by Gasteiger charge is -2.05. The zero-order valence-corrected chi connectivity index (χ0v) is 12.5. The number of fused-ring (bicyclic) bond motifs is 1. The topological polar surface area (TPSA) is 90.5 Å². The number of benzene rings is 2. The van der Waals surface area contributed by atoms with Crippen LogP contribution in [0.3, 0.4) is 0 Å². The van der Waals surface area contributed by atoms with Gasteiger partial charge in [0.15, 0.2) is 11.5 Å². The summed E-state index contributed by atoms with van der Waals surface area (Å²) in [6.07, 6.45) is 0. The molecule has 1 heterocycles. The van der Waals surface area contributed by atoms with E-state index in [1.807, 2.05) is 0 Å². The summed E-state index contributed by atoms with van der Waals surface area (Å²) in [5.74, 6) is 0.723. The highest BCUT2D eigenvalue weighted by Gasteiger charge is 2.25. The Bertz CT molecular complexity index is 888. The Morgan fingerprint density at radius 3 is 2.22 bits per heavy atom. The third kappa shape index (κ3) is 2.55. The summed E-state index contributed by atoms with van der Waals surface area (Å²) in [5, 5.41) is 29.5. The highest BCUT2D eigenvalue weighted by Crippen LogP contribution is 2.41. The monoisotopic (exact) mass is 315 g/mol. The Hall–Kier alpha value is -3.15. The van der Waals surface area contributed by atoms with Crippen LogP contribution in [0.4, 0.5) is 0 Å². The van der Waals surface area contributed by atoms with Gasteiger partial charge in [-0.3, -0.25) is 0 Å². The van der Waals surface area contributed by atoms with Crippen molar-refractivity contribution in [1.29, 1.82) is 0 Å². The molecule has 6 heteroatoms. The highest BCUT2D eigenvalue weighted by atomic mass is 16.5. The van der Waals surface area contributed by atoms with Gasteiger partial charge in [0.1, 0.15) is 16.9 Å². The standard InChI is InChI=1S/C17H14O6/c1-21-14-6-10(18)7-15-11(14)8-16(22-2)17(23-15)9-3-4-12(19)13(20)5-9/h3-8H,1-2H3,(H2-,18,19,20)/p+1. The quantitative estimate of drug-likeness (QED) is 0.506. The lowest BCUT2D eigenvalue weighted by atomic mass is 10.1. The molecular formula is C17H15O6+. The van der Waals surface area contributed by atoms with Crippen LogP contribution < -0.4 is 9.47 Å². The Kier molecular flexibility index (Phi) is 3.57. The van der Waals surface area contributed by atoms with E-state index in [1.165, 1.54) is 38.5 Å². The van der Waals surface area contributed by atoms with Crippen molar-refractivity contribution in [2.45, 2.75) is 0 Å². The maximum atomic E-state index is 9.77. The molecule has 0 radical (unpaired) electrons. The van der Waals surface area contributed by atoms with Crippen molar-refractivity contribution in [3.05, 3.63) is 36.4 Å².